The number of nitrogens with zero attached hydrogens (tertiary/aromatic N) is 1. The highest BCUT2D eigenvalue weighted by atomic mass is 16.5. The molecule has 114 valence electrons. The lowest BCUT2D eigenvalue weighted by Gasteiger charge is -2.32. The van der Waals surface area contributed by atoms with E-state index in [0.717, 1.165) is 19.1 Å². The molecule has 1 heterocycles. The third-order valence-electron chi connectivity index (χ3n) is 3.81. The molecule has 1 unspecified atom stereocenters. The molecule has 1 N–H and O–H groups in total. The zero-order chi connectivity index (χ0) is 14.1. The summed E-state index contributed by atoms with van der Waals surface area (Å²) >= 11 is 0. The largest absolute Gasteiger partial charge is 0.384 e. The van der Waals surface area contributed by atoms with Crippen molar-refractivity contribution < 1.29 is 4.74 Å². The highest BCUT2D eigenvalue weighted by Crippen LogP contribution is 2.17. The van der Waals surface area contributed by atoms with Gasteiger partial charge >= 0.3 is 0 Å². The van der Waals surface area contributed by atoms with Gasteiger partial charge in [-0.2, -0.15) is 0 Å². The Morgan fingerprint density at radius 2 is 2.00 bits per heavy atom. The van der Waals surface area contributed by atoms with Gasteiger partial charge in [0, 0.05) is 19.2 Å². The molecule has 0 radical (unpaired) electrons. The zero-order valence-electron chi connectivity index (χ0n) is 13.5. The quantitative estimate of drug-likeness (QED) is 0.686. The van der Waals surface area contributed by atoms with Crippen LogP contribution in [0.2, 0.25) is 0 Å². The molecule has 0 saturated carbocycles. The van der Waals surface area contributed by atoms with Gasteiger partial charge in [0.15, 0.2) is 0 Å². The van der Waals surface area contributed by atoms with Crippen molar-refractivity contribution in [3.8, 4) is 0 Å². The van der Waals surface area contributed by atoms with E-state index in [4.69, 9.17) is 4.74 Å². The summed E-state index contributed by atoms with van der Waals surface area (Å²) in [5, 5.41) is 3.55. The lowest BCUT2D eigenvalue weighted by atomic mass is 9.98. The average molecular weight is 270 g/mol. The van der Waals surface area contributed by atoms with Gasteiger partial charge in [0.05, 0.1) is 6.61 Å². The molecule has 19 heavy (non-hydrogen) atoms. The second kappa shape index (κ2) is 8.93. The highest BCUT2D eigenvalue weighted by molar-refractivity contribution is 4.73. The number of ether oxygens (including phenoxy) is 1. The van der Waals surface area contributed by atoms with Crippen LogP contribution in [-0.4, -0.2) is 50.3 Å². The number of piperidine rings is 1. The molecule has 1 rings (SSSR count). The third-order valence-corrected chi connectivity index (χ3v) is 3.81. The summed E-state index contributed by atoms with van der Waals surface area (Å²) in [7, 11) is 1.82. The van der Waals surface area contributed by atoms with Crippen molar-refractivity contribution in [2.45, 2.75) is 58.4 Å². The number of unbranched alkanes of at least 4 members (excludes halogenated alkanes) is 2. The predicted octanol–water partition coefficient (Wildman–Crippen LogP) is 2.90. The maximum absolute atomic E-state index is 5.28. The fourth-order valence-electron chi connectivity index (χ4n) is 2.83. The van der Waals surface area contributed by atoms with Crippen LogP contribution in [0.3, 0.4) is 0 Å². The van der Waals surface area contributed by atoms with E-state index in [0.29, 0.717) is 0 Å². The van der Waals surface area contributed by atoms with Gasteiger partial charge in [0.25, 0.3) is 0 Å². The number of methoxy groups -OCH3 is 1. The van der Waals surface area contributed by atoms with E-state index in [1.54, 1.807) is 0 Å². The Hall–Kier alpha value is -0.120. The lowest BCUT2D eigenvalue weighted by molar-refractivity contribution is 0.0898. The van der Waals surface area contributed by atoms with Crippen LogP contribution in [0.1, 0.15) is 52.9 Å². The predicted molar refractivity (Wildman–Crippen MR) is 82.6 cm³/mol. The average Bonchev–Trinajstić information content (AvgIpc) is 2.33. The van der Waals surface area contributed by atoms with Crippen LogP contribution in [0.5, 0.6) is 0 Å². The van der Waals surface area contributed by atoms with Crippen molar-refractivity contribution in [3.63, 3.8) is 0 Å². The molecule has 0 bridgehead atoms. The van der Waals surface area contributed by atoms with Crippen LogP contribution in [0, 0.1) is 5.92 Å². The Morgan fingerprint density at radius 1 is 1.21 bits per heavy atom. The summed E-state index contributed by atoms with van der Waals surface area (Å²) in [5.41, 5.74) is 0.264. The minimum atomic E-state index is 0.264. The molecule has 0 spiro atoms. The first-order valence-corrected chi connectivity index (χ1v) is 7.97. The van der Waals surface area contributed by atoms with Crippen LogP contribution in [0.4, 0.5) is 0 Å². The number of nitrogens with one attached hydrogen (secondary N) is 1. The molecule has 0 aromatic carbocycles. The van der Waals surface area contributed by atoms with Crippen molar-refractivity contribution in [3.05, 3.63) is 0 Å². The van der Waals surface area contributed by atoms with E-state index < -0.39 is 0 Å². The fraction of sp³-hybridized carbons (Fsp3) is 1.00. The minimum absolute atomic E-state index is 0.264. The minimum Gasteiger partial charge on any atom is -0.384 e. The van der Waals surface area contributed by atoms with Gasteiger partial charge in [0.1, 0.15) is 0 Å². The molecule has 1 fully saturated rings. The first-order valence-electron chi connectivity index (χ1n) is 7.97. The van der Waals surface area contributed by atoms with Gasteiger partial charge < -0.3 is 15.0 Å². The molecular formula is C16H34N2O. The number of likely N-dealkylation sites (tertiary alicyclic amines) is 1. The van der Waals surface area contributed by atoms with Crippen molar-refractivity contribution in [2.24, 2.45) is 5.92 Å². The second-order valence-electron chi connectivity index (χ2n) is 7.00. The van der Waals surface area contributed by atoms with Crippen molar-refractivity contribution >= 4 is 0 Å². The molecule has 1 saturated heterocycles. The van der Waals surface area contributed by atoms with Crippen LogP contribution in [0.25, 0.3) is 0 Å². The van der Waals surface area contributed by atoms with Crippen LogP contribution in [0.15, 0.2) is 0 Å². The smallest absolute Gasteiger partial charge is 0.0502 e. The van der Waals surface area contributed by atoms with Gasteiger partial charge in [-0.25, -0.2) is 0 Å². The molecule has 3 nitrogen and oxygen atoms in total. The van der Waals surface area contributed by atoms with Gasteiger partial charge in [-0.3, -0.25) is 0 Å². The van der Waals surface area contributed by atoms with E-state index in [-0.39, 0.29) is 5.54 Å². The third kappa shape index (κ3) is 8.61. The monoisotopic (exact) mass is 270 g/mol. The maximum Gasteiger partial charge on any atom is 0.0502 e. The summed E-state index contributed by atoms with van der Waals surface area (Å²) < 4.78 is 5.28. The molecular weight excluding hydrogens is 236 g/mol. The first-order chi connectivity index (χ1) is 9.01. The SMILES string of the molecule is COCC1CCCN(CCCCCNC(C)(C)C)C1. The van der Waals surface area contributed by atoms with E-state index in [2.05, 4.69) is 31.0 Å². The fourth-order valence-corrected chi connectivity index (χ4v) is 2.83. The Kier molecular flexibility index (Phi) is 7.96. The molecule has 1 aliphatic heterocycles. The normalized spacial score (nSPS) is 21.8. The number of hydrogen-bond donors (Lipinski definition) is 1. The highest BCUT2D eigenvalue weighted by Gasteiger charge is 2.18. The molecule has 0 amide bonds. The van der Waals surface area contributed by atoms with Crippen LogP contribution < -0.4 is 5.32 Å². The Bertz CT molecular complexity index is 223. The van der Waals surface area contributed by atoms with E-state index >= 15 is 0 Å². The maximum atomic E-state index is 5.28. The molecule has 0 aromatic heterocycles. The van der Waals surface area contributed by atoms with Crippen molar-refractivity contribution in [1.82, 2.24) is 10.2 Å². The van der Waals surface area contributed by atoms with Gasteiger partial charge in [-0.15, -0.1) is 0 Å². The molecule has 0 aromatic rings. The van der Waals surface area contributed by atoms with Crippen molar-refractivity contribution in [1.29, 1.82) is 0 Å². The summed E-state index contributed by atoms with van der Waals surface area (Å²) in [6.45, 7) is 12.6. The molecule has 0 aliphatic carbocycles. The Balaban J connectivity index is 2.00. The van der Waals surface area contributed by atoms with Crippen molar-refractivity contribution in [2.75, 3.05) is 39.9 Å². The van der Waals surface area contributed by atoms with Gasteiger partial charge in [0.2, 0.25) is 0 Å². The molecule has 3 heteroatoms. The molecule has 1 atom stereocenters. The standard InChI is InChI=1S/C16H34N2O/c1-16(2,3)17-10-6-5-7-11-18-12-8-9-15(13-18)14-19-4/h15,17H,5-14H2,1-4H3. The van der Waals surface area contributed by atoms with E-state index in [1.807, 2.05) is 7.11 Å². The van der Waals surface area contributed by atoms with Crippen LogP contribution >= 0.6 is 0 Å². The topological polar surface area (TPSA) is 24.5 Å². The summed E-state index contributed by atoms with van der Waals surface area (Å²) in [6, 6.07) is 0. The Morgan fingerprint density at radius 3 is 2.68 bits per heavy atom. The van der Waals surface area contributed by atoms with Crippen LogP contribution in [-0.2, 0) is 4.74 Å². The summed E-state index contributed by atoms with van der Waals surface area (Å²) in [5.74, 6) is 0.765. The Labute approximate surface area is 120 Å². The summed E-state index contributed by atoms with van der Waals surface area (Å²) in [6.07, 6.45) is 6.67. The molecule has 1 aliphatic rings. The van der Waals surface area contributed by atoms with Gasteiger partial charge in [-0.05, 0) is 72.0 Å². The lowest BCUT2D eigenvalue weighted by Crippen LogP contribution is -2.38. The summed E-state index contributed by atoms with van der Waals surface area (Å²) in [4.78, 5) is 2.63. The van der Waals surface area contributed by atoms with Gasteiger partial charge in [-0.1, -0.05) is 6.42 Å². The first kappa shape index (κ1) is 16.9. The number of hydrogen-bond acceptors (Lipinski definition) is 3. The van der Waals surface area contributed by atoms with E-state index in [9.17, 15) is 0 Å². The number of rotatable bonds is 8. The zero-order valence-corrected chi connectivity index (χ0v) is 13.5. The second-order valence-corrected chi connectivity index (χ2v) is 7.00. The van der Waals surface area contributed by atoms with E-state index in [1.165, 1.54) is 51.7 Å².